The number of benzene rings is 3. The Kier molecular flexibility index (Phi) is 5.96. The molecule has 3 heteroatoms. The molecule has 0 heterocycles. The van der Waals surface area contributed by atoms with Crippen molar-refractivity contribution in [3.63, 3.8) is 0 Å². The Bertz CT molecular complexity index is 858. The zero-order valence-electron chi connectivity index (χ0n) is 14.4. The number of aliphatic hydroxyl groups is 1. The standard InChI is InChI=1S/C23H21NO2/c25-17-22(19-12-6-2-7-13-19)24-21(18-10-4-1-5-11-18)16-23(26)20-14-8-3-9-15-20/h1-16,22,24-25H,17H2/b21-16+/t22-/m1/s1. The molecule has 130 valence electrons. The third-order valence-corrected chi connectivity index (χ3v) is 4.13. The molecule has 26 heavy (non-hydrogen) atoms. The maximum Gasteiger partial charge on any atom is 0.187 e. The van der Waals surface area contributed by atoms with Crippen LogP contribution in [-0.2, 0) is 0 Å². The molecule has 2 N–H and O–H groups in total. The number of nitrogens with one attached hydrogen (secondary N) is 1. The first-order valence-corrected chi connectivity index (χ1v) is 8.57. The maximum atomic E-state index is 12.7. The predicted molar refractivity (Wildman–Crippen MR) is 105 cm³/mol. The van der Waals surface area contributed by atoms with Crippen LogP contribution in [0.25, 0.3) is 5.70 Å². The summed E-state index contributed by atoms with van der Waals surface area (Å²) >= 11 is 0. The maximum absolute atomic E-state index is 12.7. The first-order valence-electron chi connectivity index (χ1n) is 8.57. The van der Waals surface area contributed by atoms with Crippen LogP contribution in [0, 0.1) is 0 Å². The number of aliphatic hydroxyl groups excluding tert-OH is 1. The van der Waals surface area contributed by atoms with E-state index in [4.69, 9.17) is 0 Å². The lowest BCUT2D eigenvalue weighted by Crippen LogP contribution is -2.23. The van der Waals surface area contributed by atoms with Crippen molar-refractivity contribution in [2.24, 2.45) is 0 Å². The Hall–Kier alpha value is -3.17. The smallest absolute Gasteiger partial charge is 0.187 e. The first-order chi connectivity index (χ1) is 12.8. The van der Waals surface area contributed by atoms with Gasteiger partial charge >= 0.3 is 0 Å². The molecule has 1 atom stereocenters. The van der Waals surface area contributed by atoms with Gasteiger partial charge in [-0.15, -0.1) is 0 Å². The summed E-state index contributed by atoms with van der Waals surface area (Å²) in [6.45, 7) is -0.0757. The molecular weight excluding hydrogens is 322 g/mol. The van der Waals surface area contributed by atoms with E-state index in [0.717, 1.165) is 11.1 Å². The highest BCUT2D eigenvalue weighted by Gasteiger charge is 2.14. The average molecular weight is 343 g/mol. The summed E-state index contributed by atoms with van der Waals surface area (Å²) < 4.78 is 0. The Morgan fingerprint density at radius 1 is 0.808 bits per heavy atom. The second-order valence-corrected chi connectivity index (χ2v) is 5.94. The first kappa shape index (κ1) is 17.6. The molecule has 0 spiro atoms. The van der Waals surface area contributed by atoms with E-state index in [0.29, 0.717) is 11.3 Å². The highest BCUT2D eigenvalue weighted by molar-refractivity contribution is 6.08. The van der Waals surface area contributed by atoms with Crippen molar-refractivity contribution in [1.82, 2.24) is 5.32 Å². The third-order valence-electron chi connectivity index (χ3n) is 4.13. The summed E-state index contributed by atoms with van der Waals surface area (Å²) in [5, 5.41) is 13.2. The monoisotopic (exact) mass is 343 g/mol. The van der Waals surface area contributed by atoms with Crippen LogP contribution in [0.15, 0.2) is 97.1 Å². The van der Waals surface area contributed by atoms with E-state index in [1.54, 1.807) is 18.2 Å². The molecule has 0 aliphatic carbocycles. The quantitative estimate of drug-likeness (QED) is 0.498. The lowest BCUT2D eigenvalue weighted by Gasteiger charge is -2.20. The summed E-state index contributed by atoms with van der Waals surface area (Å²) in [4.78, 5) is 12.7. The molecule has 0 saturated carbocycles. The summed E-state index contributed by atoms with van der Waals surface area (Å²) in [5.74, 6) is -0.0818. The lowest BCUT2D eigenvalue weighted by atomic mass is 10.0. The van der Waals surface area contributed by atoms with Crippen LogP contribution < -0.4 is 5.32 Å². The molecule has 0 fully saturated rings. The Labute approximate surface area is 153 Å². The number of ketones is 1. The second kappa shape index (κ2) is 8.79. The van der Waals surface area contributed by atoms with Gasteiger partial charge in [0.2, 0.25) is 0 Å². The minimum Gasteiger partial charge on any atom is -0.394 e. The summed E-state index contributed by atoms with van der Waals surface area (Å²) in [7, 11) is 0. The van der Waals surface area contributed by atoms with Crippen LogP contribution in [-0.4, -0.2) is 17.5 Å². The topological polar surface area (TPSA) is 49.3 Å². The molecule has 0 aromatic heterocycles. The number of carbonyl (C=O) groups is 1. The van der Waals surface area contributed by atoms with Crippen LogP contribution in [0.5, 0.6) is 0 Å². The van der Waals surface area contributed by atoms with Gasteiger partial charge in [0.15, 0.2) is 5.78 Å². The van der Waals surface area contributed by atoms with Crippen LogP contribution in [0.2, 0.25) is 0 Å². The van der Waals surface area contributed by atoms with Gasteiger partial charge in [-0.3, -0.25) is 4.79 Å². The Morgan fingerprint density at radius 2 is 1.31 bits per heavy atom. The molecule has 0 aliphatic heterocycles. The number of allylic oxidation sites excluding steroid dienone is 1. The molecule has 3 aromatic rings. The normalized spacial score (nSPS) is 12.4. The zero-order chi connectivity index (χ0) is 18.2. The van der Waals surface area contributed by atoms with Crippen LogP contribution >= 0.6 is 0 Å². The number of carbonyl (C=O) groups excluding carboxylic acids is 1. The van der Waals surface area contributed by atoms with E-state index < -0.39 is 0 Å². The van der Waals surface area contributed by atoms with Crippen molar-refractivity contribution in [1.29, 1.82) is 0 Å². The van der Waals surface area contributed by atoms with Crippen molar-refractivity contribution in [2.45, 2.75) is 6.04 Å². The zero-order valence-corrected chi connectivity index (χ0v) is 14.4. The minimum atomic E-state index is -0.300. The highest BCUT2D eigenvalue weighted by atomic mass is 16.3. The van der Waals surface area contributed by atoms with Gasteiger partial charge in [0.1, 0.15) is 0 Å². The van der Waals surface area contributed by atoms with E-state index >= 15 is 0 Å². The van der Waals surface area contributed by atoms with Crippen molar-refractivity contribution >= 4 is 11.5 Å². The third kappa shape index (κ3) is 4.47. The van der Waals surface area contributed by atoms with Gasteiger partial charge in [0, 0.05) is 17.3 Å². The second-order valence-electron chi connectivity index (χ2n) is 5.94. The van der Waals surface area contributed by atoms with Gasteiger partial charge in [-0.25, -0.2) is 0 Å². The van der Waals surface area contributed by atoms with E-state index in [1.165, 1.54) is 0 Å². The summed E-state index contributed by atoms with van der Waals surface area (Å²) in [6, 6.07) is 28.2. The molecule has 0 amide bonds. The molecule has 3 rings (SSSR count). The Morgan fingerprint density at radius 3 is 1.85 bits per heavy atom. The van der Waals surface area contributed by atoms with Crippen molar-refractivity contribution < 1.29 is 9.90 Å². The summed E-state index contributed by atoms with van der Waals surface area (Å²) in [5.41, 5.74) is 3.17. The van der Waals surface area contributed by atoms with Crippen LogP contribution in [0.4, 0.5) is 0 Å². The average Bonchev–Trinajstić information content (AvgIpc) is 2.73. The van der Waals surface area contributed by atoms with Crippen molar-refractivity contribution in [2.75, 3.05) is 6.61 Å². The number of rotatable bonds is 7. The van der Waals surface area contributed by atoms with Crippen LogP contribution in [0.1, 0.15) is 27.5 Å². The largest absolute Gasteiger partial charge is 0.394 e. The van der Waals surface area contributed by atoms with Crippen molar-refractivity contribution in [3.05, 3.63) is 114 Å². The fraction of sp³-hybridized carbons (Fsp3) is 0.0870. The van der Waals surface area contributed by atoms with Crippen LogP contribution in [0.3, 0.4) is 0 Å². The van der Waals surface area contributed by atoms with E-state index in [9.17, 15) is 9.90 Å². The Balaban J connectivity index is 1.94. The van der Waals surface area contributed by atoms with E-state index in [-0.39, 0.29) is 18.4 Å². The molecule has 3 aromatic carbocycles. The highest BCUT2D eigenvalue weighted by Crippen LogP contribution is 2.20. The van der Waals surface area contributed by atoms with E-state index in [2.05, 4.69) is 5.32 Å². The molecule has 0 unspecified atom stereocenters. The van der Waals surface area contributed by atoms with Gasteiger partial charge in [-0.05, 0) is 11.1 Å². The molecule has 0 saturated heterocycles. The van der Waals surface area contributed by atoms with E-state index in [1.807, 2.05) is 78.9 Å². The van der Waals surface area contributed by atoms with Gasteiger partial charge in [-0.2, -0.15) is 0 Å². The number of hydrogen-bond donors (Lipinski definition) is 2. The van der Waals surface area contributed by atoms with Gasteiger partial charge < -0.3 is 10.4 Å². The number of hydrogen-bond acceptors (Lipinski definition) is 3. The minimum absolute atomic E-state index is 0.0757. The van der Waals surface area contributed by atoms with Crippen molar-refractivity contribution in [3.8, 4) is 0 Å². The summed E-state index contributed by atoms with van der Waals surface area (Å²) in [6.07, 6.45) is 1.59. The molecule has 0 radical (unpaired) electrons. The lowest BCUT2D eigenvalue weighted by molar-refractivity contribution is 0.104. The van der Waals surface area contributed by atoms with Gasteiger partial charge in [0.25, 0.3) is 0 Å². The fourth-order valence-electron chi connectivity index (χ4n) is 2.75. The molecule has 0 bridgehead atoms. The van der Waals surface area contributed by atoms with Gasteiger partial charge in [0.05, 0.1) is 12.6 Å². The SMILES string of the molecule is O=C(/C=C(/N[C@H](CO)c1ccccc1)c1ccccc1)c1ccccc1. The molecule has 3 nitrogen and oxygen atoms in total. The molecular formula is C23H21NO2. The predicted octanol–water partition coefficient (Wildman–Crippen LogP) is 4.23. The fourth-order valence-corrected chi connectivity index (χ4v) is 2.75. The molecule has 0 aliphatic rings. The van der Waals surface area contributed by atoms with Gasteiger partial charge in [-0.1, -0.05) is 91.0 Å².